The third kappa shape index (κ3) is 15.2. The standard InChI is InChI=1S/C33H49F2N3O6S.ClH/c1-5-10-28(11-6-2)45(42,43)22-30(38-33(41)44-21-24-12-8-7-9-13-24)32(40)37-29(31(39)20-36-15-14-23(3)4)18-25-16-26(34)19-27(35)17-25;/h7-9,12-13,16-17,19,23,28-31,36,39H,5-6,10-11,14-15,18,20-22H2,1-4H3,(H,37,40)(H,38,41);1H/t29-,30+,31+;/m0./s1. The van der Waals surface area contributed by atoms with E-state index in [-0.39, 0.29) is 37.5 Å². The van der Waals surface area contributed by atoms with Gasteiger partial charge in [0.05, 0.1) is 23.1 Å². The van der Waals surface area contributed by atoms with Crippen LogP contribution in [-0.4, -0.2) is 67.8 Å². The zero-order chi connectivity index (χ0) is 33.4. The molecule has 0 radical (unpaired) electrons. The number of alkyl carbamates (subject to hydrolysis) is 1. The van der Waals surface area contributed by atoms with Crippen LogP contribution >= 0.6 is 12.4 Å². The van der Waals surface area contributed by atoms with Crippen molar-refractivity contribution in [1.29, 1.82) is 0 Å². The molecule has 0 aliphatic heterocycles. The highest BCUT2D eigenvalue weighted by Crippen LogP contribution is 2.18. The number of aliphatic hydroxyl groups excluding tert-OH is 1. The highest BCUT2D eigenvalue weighted by atomic mass is 35.5. The highest BCUT2D eigenvalue weighted by molar-refractivity contribution is 7.92. The number of ether oxygens (including phenoxy) is 1. The summed E-state index contributed by atoms with van der Waals surface area (Å²) in [6.45, 7) is 8.40. The summed E-state index contributed by atoms with van der Waals surface area (Å²) in [5.41, 5.74) is 0.882. The van der Waals surface area contributed by atoms with Crippen LogP contribution in [0.25, 0.3) is 0 Å². The summed E-state index contributed by atoms with van der Waals surface area (Å²) >= 11 is 0. The van der Waals surface area contributed by atoms with Gasteiger partial charge in [-0.25, -0.2) is 22.0 Å². The second kappa shape index (κ2) is 21.1. The lowest BCUT2D eigenvalue weighted by molar-refractivity contribution is -0.124. The van der Waals surface area contributed by atoms with Crippen LogP contribution in [0.3, 0.4) is 0 Å². The van der Waals surface area contributed by atoms with Crippen molar-refractivity contribution in [2.45, 2.75) is 96.3 Å². The van der Waals surface area contributed by atoms with Crippen LogP contribution in [0.5, 0.6) is 0 Å². The Balaban J connectivity index is 0.0000106. The van der Waals surface area contributed by atoms with Gasteiger partial charge >= 0.3 is 6.09 Å². The number of rotatable bonds is 20. The Morgan fingerprint density at radius 1 is 0.913 bits per heavy atom. The Morgan fingerprint density at radius 2 is 1.52 bits per heavy atom. The first-order valence-electron chi connectivity index (χ1n) is 15.7. The number of sulfone groups is 1. The third-order valence-electron chi connectivity index (χ3n) is 7.37. The first kappa shape index (κ1) is 41.2. The van der Waals surface area contributed by atoms with Crippen LogP contribution in [-0.2, 0) is 32.4 Å². The number of aliphatic hydroxyl groups is 1. The number of hydrogen-bond donors (Lipinski definition) is 4. The molecule has 2 aromatic rings. The zero-order valence-electron chi connectivity index (χ0n) is 27.1. The van der Waals surface area contributed by atoms with Crippen LogP contribution in [0, 0.1) is 17.6 Å². The van der Waals surface area contributed by atoms with Crippen molar-refractivity contribution < 1.29 is 36.6 Å². The van der Waals surface area contributed by atoms with Crippen molar-refractivity contribution in [2.75, 3.05) is 18.8 Å². The Bertz CT molecular complexity index is 1280. The lowest BCUT2D eigenvalue weighted by Gasteiger charge is -2.28. The summed E-state index contributed by atoms with van der Waals surface area (Å²) < 4.78 is 60.2. The first-order chi connectivity index (χ1) is 21.3. The molecule has 46 heavy (non-hydrogen) atoms. The monoisotopic (exact) mass is 689 g/mol. The molecule has 0 bridgehead atoms. The van der Waals surface area contributed by atoms with Gasteiger partial charge in [-0.1, -0.05) is 70.9 Å². The summed E-state index contributed by atoms with van der Waals surface area (Å²) in [5, 5.41) is 18.5. The second-order valence-electron chi connectivity index (χ2n) is 11.8. The minimum absolute atomic E-state index is 0. The lowest BCUT2D eigenvalue weighted by atomic mass is 10.00. The summed E-state index contributed by atoms with van der Waals surface area (Å²) in [5.74, 6) is -2.77. The minimum Gasteiger partial charge on any atom is -0.445 e. The van der Waals surface area contributed by atoms with E-state index < -0.39 is 62.7 Å². The smallest absolute Gasteiger partial charge is 0.408 e. The van der Waals surface area contributed by atoms with Gasteiger partial charge in [0.1, 0.15) is 24.3 Å². The number of nitrogens with one attached hydrogen (secondary N) is 3. The molecule has 2 amide bonds. The molecule has 0 heterocycles. The average Bonchev–Trinajstić information content (AvgIpc) is 2.97. The summed E-state index contributed by atoms with van der Waals surface area (Å²) in [6.07, 6.45) is 0.531. The molecule has 2 aromatic carbocycles. The fraction of sp³-hybridized carbons (Fsp3) is 0.576. The normalized spacial score (nSPS) is 13.5. The molecule has 260 valence electrons. The fourth-order valence-electron chi connectivity index (χ4n) is 4.94. The first-order valence-corrected chi connectivity index (χ1v) is 17.4. The van der Waals surface area contributed by atoms with Gasteiger partial charge in [-0.3, -0.25) is 4.79 Å². The van der Waals surface area contributed by atoms with E-state index >= 15 is 0 Å². The molecule has 9 nitrogen and oxygen atoms in total. The maximum absolute atomic E-state index is 14.0. The Morgan fingerprint density at radius 3 is 2.09 bits per heavy atom. The highest BCUT2D eigenvalue weighted by Gasteiger charge is 2.34. The molecule has 13 heteroatoms. The van der Waals surface area contributed by atoms with Crippen molar-refractivity contribution in [1.82, 2.24) is 16.0 Å². The van der Waals surface area contributed by atoms with Gasteiger partial charge in [0.15, 0.2) is 9.84 Å². The van der Waals surface area contributed by atoms with Crippen LogP contribution in [0.4, 0.5) is 13.6 Å². The largest absolute Gasteiger partial charge is 0.445 e. The average molecular weight is 690 g/mol. The number of carbonyl (C=O) groups is 2. The molecular weight excluding hydrogens is 640 g/mol. The van der Waals surface area contributed by atoms with Crippen LogP contribution in [0.1, 0.15) is 70.9 Å². The summed E-state index contributed by atoms with van der Waals surface area (Å²) in [7, 11) is -3.86. The predicted octanol–water partition coefficient (Wildman–Crippen LogP) is 5.09. The van der Waals surface area contributed by atoms with Gasteiger partial charge in [-0.05, 0) is 61.4 Å². The van der Waals surface area contributed by atoms with Crippen molar-refractivity contribution in [3.8, 4) is 0 Å². The van der Waals surface area contributed by atoms with E-state index in [9.17, 15) is 31.9 Å². The van der Waals surface area contributed by atoms with Crippen molar-refractivity contribution in [3.05, 3.63) is 71.3 Å². The fourth-order valence-corrected chi connectivity index (χ4v) is 7.10. The van der Waals surface area contributed by atoms with E-state index in [2.05, 4.69) is 29.8 Å². The van der Waals surface area contributed by atoms with Gasteiger partial charge in [-0.15, -0.1) is 12.4 Å². The van der Waals surface area contributed by atoms with Crippen LogP contribution < -0.4 is 16.0 Å². The van der Waals surface area contributed by atoms with Crippen LogP contribution in [0.15, 0.2) is 48.5 Å². The molecule has 0 fully saturated rings. The van der Waals surface area contributed by atoms with Crippen molar-refractivity contribution in [3.63, 3.8) is 0 Å². The Hall–Kier alpha value is -2.80. The van der Waals surface area contributed by atoms with E-state index in [1.165, 1.54) is 0 Å². The number of hydrogen-bond acceptors (Lipinski definition) is 7. The van der Waals surface area contributed by atoms with Crippen molar-refractivity contribution >= 4 is 34.2 Å². The second-order valence-corrected chi connectivity index (χ2v) is 14.2. The molecule has 0 aromatic heterocycles. The van der Waals surface area contributed by atoms with E-state index in [0.29, 0.717) is 43.7 Å². The number of halogens is 3. The van der Waals surface area contributed by atoms with Crippen molar-refractivity contribution in [2.24, 2.45) is 5.92 Å². The Kier molecular flexibility index (Phi) is 19.0. The zero-order valence-corrected chi connectivity index (χ0v) is 28.8. The molecule has 4 N–H and O–H groups in total. The molecular formula is C33H50ClF2N3O6S. The molecule has 0 saturated heterocycles. The molecule has 0 saturated carbocycles. The SMILES string of the molecule is CCCC(CCC)S(=O)(=O)C[C@@H](NC(=O)OCc1ccccc1)C(=O)N[C@@H](Cc1cc(F)cc(F)c1)[C@H](O)CNCCC(C)C.Cl. The minimum atomic E-state index is -3.86. The number of benzene rings is 2. The van der Waals surface area contributed by atoms with Gasteiger partial charge in [-0.2, -0.15) is 0 Å². The summed E-state index contributed by atoms with van der Waals surface area (Å²) in [6, 6.07) is 9.14. The van der Waals surface area contributed by atoms with Gasteiger partial charge < -0.3 is 25.8 Å². The van der Waals surface area contributed by atoms with E-state index in [0.717, 1.165) is 24.6 Å². The summed E-state index contributed by atoms with van der Waals surface area (Å²) in [4.78, 5) is 26.5. The quantitative estimate of drug-likeness (QED) is 0.142. The van der Waals surface area contributed by atoms with Crippen LogP contribution in [0.2, 0.25) is 0 Å². The van der Waals surface area contributed by atoms with Gasteiger partial charge in [0.2, 0.25) is 5.91 Å². The predicted molar refractivity (Wildman–Crippen MR) is 179 cm³/mol. The molecule has 3 atom stereocenters. The Labute approximate surface area is 278 Å². The third-order valence-corrected chi connectivity index (χ3v) is 9.66. The number of amides is 2. The van der Waals surface area contributed by atoms with Gasteiger partial charge in [0, 0.05) is 12.6 Å². The molecule has 2 rings (SSSR count). The molecule has 0 spiro atoms. The number of carbonyl (C=O) groups excluding carboxylic acids is 2. The van der Waals surface area contributed by atoms with E-state index in [1.807, 2.05) is 13.8 Å². The molecule has 0 aliphatic carbocycles. The lowest BCUT2D eigenvalue weighted by Crippen LogP contribution is -2.57. The maximum Gasteiger partial charge on any atom is 0.408 e. The molecule has 0 unspecified atom stereocenters. The van der Waals surface area contributed by atoms with Gasteiger partial charge in [0.25, 0.3) is 0 Å². The van der Waals surface area contributed by atoms with E-state index in [1.54, 1.807) is 30.3 Å². The van der Waals surface area contributed by atoms with E-state index in [4.69, 9.17) is 4.74 Å². The molecule has 0 aliphatic rings. The maximum atomic E-state index is 14.0. The topological polar surface area (TPSA) is 134 Å².